The first-order chi connectivity index (χ1) is 19.8. The van der Waals surface area contributed by atoms with Crippen molar-refractivity contribution in [2.45, 2.75) is 0 Å². The molecular formula is C32H18GaN8+3. The van der Waals surface area contributed by atoms with Gasteiger partial charge in [-0.1, -0.05) is 97.1 Å². The number of aromatic amines is 2. The molecule has 0 fully saturated rings. The molecule has 5 heterocycles. The molecule has 41 heavy (non-hydrogen) atoms. The van der Waals surface area contributed by atoms with E-state index < -0.39 is 0 Å². The summed E-state index contributed by atoms with van der Waals surface area (Å²) < 4.78 is 0. The Morgan fingerprint density at radius 3 is 0.829 bits per heavy atom. The number of nitrogens with zero attached hydrogens (tertiary/aromatic N) is 6. The van der Waals surface area contributed by atoms with Crippen LogP contribution < -0.4 is 0 Å². The summed E-state index contributed by atoms with van der Waals surface area (Å²) >= 11 is 0. The van der Waals surface area contributed by atoms with E-state index in [4.69, 9.17) is 29.9 Å². The van der Waals surface area contributed by atoms with Crippen LogP contribution in [-0.4, -0.2) is 59.7 Å². The van der Waals surface area contributed by atoms with Gasteiger partial charge >= 0.3 is 19.8 Å². The van der Waals surface area contributed by atoms with Gasteiger partial charge in [0.05, 0.1) is 0 Å². The largest absolute Gasteiger partial charge is 3.00 e. The van der Waals surface area contributed by atoms with Crippen LogP contribution in [0.3, 0.4) is 0 Å². The molecule has 0 unspecified atom stereocenters. The molecule has 4 aromatic carbocycles. The third-order valence-electron chi connectivity index (χ3n) is 7.46. The molecule has 7 aromatic rings. The fourth-order valence-electron chi connectivity index (χ4n) is 5.59. The van der Waals surface area contributed by atoms with Gasteiger partial charge < -0.3 is 9.97 Å². The first-order valence-electron chi connectivity index (χ1n) is 13.0. The molecule has 9 heteroatoms. The molecule has 0 radical (unpaired) electrons. The molecule has 0 saturated carbocycles. The molecule has 2 N–H and O–H groups in total. The average Bonchev–Trinajstić information content (AvgIpc) is 3.73. The van der Waals surface area contributed by atoms with Crippen molar-refractivity contribution in [1.82, 2.24) is 39.9 Å². The van der Waals surface area contributed by atoms with Gasteiger partial charge in [-0.15, -0.1) is 0 Å². The maximum absolute atomic E-state index is 5.02. The fraction of sp³-hybridized carbons (Fsp3) is 0. The van der Waals surface area contributed by atoms with Gasteiger partial charge in [-0.05, 0) is 0 Å². The molecule has 186 valence electrons. The zero-order valence-electron chi connectivity index (χ0n) is 21.5. The molecule has 0 amide bonds. The van der Waals surface area contributed by atoms with Crippen LogP contribution in [0.1, 0.15) is 0 Å². The van der Waals surface area contributed by atoms with E-state index >= 15 is 0 Å². The third kappa shape index (κ3) is 3.56. The second kappa shape index (κ2) is 8.95. The SMILES string of the molecule is [Ga+3].c1ccc2c(c1)-c1nc-2nc2[nH]c(nc3nc(nc4[nH]c(n1)c1ccccc41)-c1ccccc1-3)c1ccccc21. The molecular weight excluding hydrogens is 566 g/mol. The van der Waals surface area contributed by atoms with Gasteiger partial charge in [-0.3, -0.25) is 0 Å². The van der Waals surface area contributed by atoms with E-state index in [2.05, 4.69) is 9.97 Å². The summed E-state index contributed by atoms with van der Waals surface area (Å²) in [6, 6.07) is 32.2. The van der Waals surface area contributed by atoms with Crippen molar-refractivity contribution in [1.29, 1.82) is 0 Å². The topological polar surface area (TPSA) is 109 Å². The molecule has 0 atom stereocenters. The Bertz CT molecular complexity index is 2030. The van der Waals surface area contributed by atoms with Gasteiger partial charge in [-0.25, -0.2) is 29.9 Å². The van der Waals surface area contributed by atoms with Crippen molar-refractivity contribution in [3.8, 4) is 45.6 Å². The van der Waals surface area contributed by atoms with Crippen molar-refractivity contribution < 1.29 is 0 Å². The molecule has 2 aliphatic rings. The molecule has 3 aromatic heterocycles. The fourth-order valence-corrected chi connectivity index (χ4v) is 5.59. The summed E-state index contributed by atoms with van der Waals surface area (Å²) in [5.41, 5.74) is 6.45. The number of aromatic nitrogens is 8. The van der Waals surface area contributed by atoms with E-state index in [9.17, 15) is 0 Å². The Hall–Kier alpha value is -5.12. The minimum absolute atomic E-state index is 0. The molecule has 8 nitrogen and oxygen atoms in total. The Labute approximate surface area is 245 Å². The second-order valence-corrected chi connectivity index (χ2v) is 9.79. The maximum atomic E-state index is 5.02. The van der Waals surface area contributed by atoms with Gasteiger partial charge in [0, 0.05) is 43.8 Å². The normalized spacial score (nSPS) is 11.7. The molecule has 0 aliphatic carbocycles. The van der Waals surface area contributed by atoms with Crippen LogP contribution in [0.4, 0.5) is 0 Å². The monoisotopic (exact) mass is 583 g/mol. The first kappa shape index (κ1) is 23.7. The smallest absolute Gasteiger partial charge is 0.324 e. The second-order valence-electron chi connectivity index (χ2n) is 9.79. The third-order valence-corrected chi connectivity index (χ3v) is 7.46. The van der Waals surface area contributed by atoms with E-state index in [0.717, 1.165) is 43.8 Å². The van der Waals surface area contributed by atoms with Crippen LogP contribution in [-0.2, 0) is 0 Å². The van der Waals surface area contributed by atoms with Crippen LogP contribution in [0.15, 0.2) is 97.1 Å². The number of hydrogen-bond donors (Lipinski definition) is 2. The standard InChI is InChI=1S/C32H18N8.Ga/c1-2-10-18-17(9-1)25-33-26(18)38-28-21-13-5-6-14-22(21)30(35-28)40-32-24-16-8-7-15-23(24)31(36-32)39-29-20-12-4-3-11-19(20)27(34-29)37-25;/h1-16H,(H2,33,34,35,36,37,38,39,40);/q;+3. The Morgan fingerprint density at radius 2 is 0.561 bits per heavy atom. The number of benzene rings is 4. The van der Waals surface area contributed by atoms with Crippen LogP contribution in [0, 0.1) is 0 Å². The van der Waals surface area contributed by atoms with Gasteiger partial charge in [0.2, 0.25) is 0 Å². The van der Waals surface area contributed by atoms with Crippen LogP contribution in [0.5, 0.6) is 0 Å². The number of hydrogen-bond acceptors (Lipinski definition) is 6. The summed E-state index contributed by atoms with van der Waals surface area (Å²) in [6.45, 7) is 0. The Morgan fingerprint density at radius 1 is 0.317 bits per heavy atom. The predicted octanol–water partition coefficient (Wildman–Crippen LogP) is 6.49. The van der Waals surface area contributed by atoms with Crippen LogP contribution in [0.25, 0.3) is 89.7 Å². The number of rotatable bonds is 0. The van der Waals surface area contributed by atoms with Crippen molar-refractivity contribution in [3.05, 3.63) is 97.1 Å². The summed E-state index contributed by atoms with van der Waals surface area (Å²) in [6.07, 6.45) is 0. The van der Waals surface area contributed by atoms with E-state index in [0.29, 0.717) is 45.9 Å². The maximum Gasteiger partial charge on any atom is 3.00 e. The van der Waals surface area contributed by atoms with Gasteiger partial charge in [-0.2, -0.15) is 0 Å². The van der Waals surface area contributed by atoms with Crippen LogP contribution in [0.2, 0.25) is 0 Å². The predicted molar refractivity (Wildman–Crippen MR) is 162 cm³/mol. The molecule has 8 bridgehead atoms. The van der Waals surface area contributed by atoms with Crippen LogP contribution >= 0.6 is 0 Å². The zero-order valence-corrected chi connectivity index (χ0v) is 23.9. The van der Waals surface area contributed by atoms with Gasteiger partial charge in [0.1, 0.15) is 22.6 Å². The number of fused-ring (bicyclic) bond motifs is 20. The molecule has 0 spiro atoms. The van der Waals surface area contributed by atoms with E-state index in [-0.39, 0.29) is 19.8 Å². The molecule has 9 rings (SSSR count). The zero-order chi connectivity index (χ0) is 26.2. The van der Waals surface area contributed by atoms with E-state index in [1.165, 1.54) is 0 Å². The summed E-state index contributed by atoms with van der Waals surface area (Å²) in [4.78, 5) is 36.8. The molecule has 2 aliphatic heterocycles. The quantitative estimate of drug-likeness (QED) is 0.197. The van der Waals surface area contributed by atoms with E-state index in [1.807, 2.05) is 97.1 Å². The minimum Gasteiger partial charge on any atom is -0.324 e. The summed E-state index contributed by atoms with van der Waals surface area (Å²) in [5, 5.41) is 3.82. The number of H-pyrrole nitrogens is 2. The summed E-state index contributed by atoms with van der Waals surface area (Å²) in [7, 11) is 0. The first-order valence-corrected chi connectivity index (χ1v) is 13.0. The Kier molecular flexibility index (Phi) is 5.18. The van der Waals surface area contributed by atoms with Gasteiger partial charge in [0.15, 0.2) is 23.3 Å². The van der Waals surface area contributed by atoms with Crippen molar-refractivity contribution in [2.24, 2.45) is 0 Å². The van der Waals surface area contributed by atoms with E-state index in [1.54, 1.807) is 0 Å². The van der Waals surface area contributed by atoms with Crippen molar-refractivity contribution in [3.63, 3.8) is 0 Å². The van der Waals surface area contributed by atoms with Gasteiger partial charge in [0.25, 0.3) is 0 Å². The summed E-state index contributed by atoms with van der Waals surface area (Å²) in [5.74, 6) is 2.39. The van der Waals surface area contributed by atoms with Crippen molar-refractivity contribution in [2.75, 3.05) is 0 Å². The van der Waals surface area contributed by atoms with Crippen molar-refractivity contribution >= 4 is 63.9 Å². The minimum atomic E-state index is 0. The average molecular weight is 584 g/mol. The number of nitrogens with one attached hydrogen (secondary N) is 2. The molecule has 0 saturated heterocycles. The Balaban J connectivity index is 0.00000256.